The number of fused-ring (bicyclic) bond motifs is 7. The molecule has 5 heteroatoms. The SMILES string of the molecule is c1ccc(-c2nc(-c3ccc4ccccc4c3)nc(-c3cccc4oc5cccc(-c6cccc7c6sc6ccccc67)c5c34)n2)cc1. The first kappa shape index (κ1) is 27.0. The molecule has 4 nitrogen and oxygen atoms in total. The highest BCUT2D eigenvalue weighted by molar-refractivity contribution is 7.26. The summed E-state index contributed by atoms with van der Waals surface area (Å²) in [6, 6.07) is 52.6. The van der Waals surface area contributed by atoms with E-state index in [0.29, 0.717) is 17.5 Å². The van der Waals surface area contributed by atoms with Crippen LogP contribution in [0.2, 0.25) is 0 Å². The fourth-order valence-corrected chi connectivity index (χ4v) is 8.14. The van der Waals surface area contributed by atoms with Crippen LogP contribution in [-0.2, 0) is 0 Å². The molecule has 0 N–H and O–H groups in total. The van der Waals surface area contributed by atoms with Gasteiger partial charge in [0.05, 0.1) is 0 Å². The van der Waals surface area contributed by atoms with Gasteiger partial charge in [-0.15, -0.1) is 11.3 Å². The summed E-state index contributed by atoms with van der Waals surface area (Å²) < 4.78 is 9.11. The van der Waals surface area contributed by atoms with Gasteiger partial charge < -0.3 is 4.42 Å². The second-order valence-electron chi connectivity index (χ2n) is 12.0. The van der Waals surface area contributed by atoms with Gasteiger partial charge in [0, 0.05) is 53.2 Å². The molecule has 0 bridgehead atoms. The minimum absolute atomic E-state index is 0.607. The molecule has 3 heterocycles. The third kappa shape index (κ3) is 4.25. The maximum Gasteiger partial charge on any atom is 0.164 e. The Labute approximate surface area is 279 Å². The highest BCUT2D eigenvalue weighted by Crippen LogP contribution is 2.45. The van der Waals surface area contributed by atoms with Crippen molar-refractivity contribution in [3.8, 4) is 45.3 Å². The highest BCUT2D eigenvalue weighted by Gasteiger charge is 2.21. The molecule has 224 valence electrons. The molecule has 0 atom stereocenters. The lowest BCUT2D eigenvalue weighted by molar-refractivity contribution is 0.669. The summed E-state index contributed by atoms with van der Waals surface area (Å²) >= 11 is 1.84. The second kappa shape index (κ2) is 10.7. The number of nitrogens with zero attached hydrogens (tertiary/aromatic N) is 3. The lowest BCUT2D eigenvalue weighted by Gasteiger charge is -2.11. The number of rotatable bonds is 4. The lowest BCUT2D eigenvalue weighted by Crippen LogP contribution is -2.00. The summed E-state index contributed by atoms with van der Waals surface area (Å²) in [5, 5.41) is 6.92. The van der Waals surface area contributed by atoms with Crippen molar-refractivity contribution in [1.82, 2.24) is 15.0 Å². The molecule has 0 aliphatic carbocycles. The van der Waals surface area contributed by atoms with Crippen LogP contribution in [0.5, 0.6) is 0 Å². The predicted octanol–water partition coefficient (Wildman–Crippen LogP) is 12.0. The van der Waals surface area contributed by atoms with Gasteiger partial charge in [-0.3, -0.25) is 0 Å². The second-order valence-corrected chi connectivity index (χ2v) is 13.0. The standard InChI is InChI=1S/C43H25N3OS/c1-2-12-27(13-3-1)41-44-42(29-24-23-26-11-4-5-14-28(26)25-29)46-43(45-41)34-19-10-21-36-39(34)38-31(16-9-20-35(38)47-36)33-18-8-17-32-30-15-6-7-22-37(30)48-40(32)33/h1-25H. The molecule has 0 aliphatic rings. The summed E-state index contributed by atoms with van der Waals surface area (Å²) in [4.78, 5) is 15.3. The number of hydrogen-bond donors (Lipinski definition) is 0. The van der Waals surface area contributed by atoms with Crippen LogP contribution < -0.4 is 0 Å². The first-order valence-electron chi connectivity index (χ1n) is 15.9. The van der Waals surface area contributed by atoms with Gasteiger partial charge in [0.15, 0.2) is 17.5 Å². The van der Waals surface area contributed by atoms with Crippen LogP contribution in [0.15, 0.2) is 156 Å². The average Bonchev–Trinajstić information content (AvgIpc) is 3.74. The number of hydrogen-bond acceptors (Lipinski definition) is 5. The van der Waals surface area contributed by atoms with Gasteiger partial charge in [0.1, 0.15) is 11.2 Å². The maximum absolute atomic E-state index is 6.56. The van der Waals surface area contributed by atoms with Gasteiger partial charge in [0.2, 0.25) is 0 Å². The van der Waals surface area contributed by atoms with Crippen LogP contribution >= 0.6 is 11.3 Å². The van der Waals surface area contributed by atoms with Crippen molar-refractivity contribution >= 4 is 64.2 Å². The Morgan fingerprint density at radius 2 is 1.04 bits per heavy atom. The summed E-state index contributed by atoms with van der Waals surface area (Å²) in [5.74, 6) is 1.86. The molecule has 0 fully saturated rings. The molecule has 3 aromatic heterocycles. The normalized spacial score (nSPS) is 11.8. The van der Waals surface area contributed by atoms with Crippen molar-refractivity contribution in [3.05, 3.63) is 152 Å². The average molecular weight is 632 g/mol. The highest BCUT2D eigenvalue weighted by atomic mass is 32.1. The van der Waals surface area contributed by atoms with Crippen molar-refractivity contribution in [2.24, 2.45) is 0 Å². The van der Waals surface area contributed by atoms with E-state index in [0.717, 1.165) is 49.6 Å². The minimum Gasteiger partial charge on any atom is -0.456 e. The quantitative estimate of drug-likeness (QED) is 0.194. The Kier molecular flexibility index (Phi) is 6.01. The Bertz CT molecular complexity index is 2850. The van der Waals surface area contributed by atoms with E-state index in [1.54, 1.807) is 0 Å². The van der Waals surface area contributed by atoms with Crippen molar-refractivity contribution in [3.63, 3.8) is 0 Å². The number of thiophene rings is 1. The van der Waals surface area contributed by atoms with Crippen LogP contribution in [0.3, 0.4) is 0 Å². The van der Waals surface area contributed by atoms with E-state index >= 15 is 0 Å². The Hall–Kier alpha value is -6.17. The Morgan fingerprint density at radius 1 is 0.417 bits per heavy atom. The molecule has 7 aromatic carbocycles. The molecule has 0 amide bonds. The summed E-state index contributed by atoms with van der Waals surface area (Å²) in [6.45, 7) is 0. The van der Waals surface area contributed by atoms with Crippen LogP contribution in [0, 0.1) is 0 Å². The van der Waals surface area contributed by atoms with Crippen LogP contribution in [0.25, 0.3) is 98.2 Å². The predicted molar refractivity (Wildman–Crippen MR) is 199 cm³/mol. The van der Waals surface area contributed by atoms with Gasteiger partial charge >= 0.3 is 0 Å². The van der Waals surface area contributed by atoms with Gasteiger partial charge in [-0.05, 0) is 40.6 Å². The molecule has 10 rings (SSSR count). The topological polar surface area (TPSA) is 51.8 Å². The minimum atomic E-state index is 0.607. The van der Waals surface area contributed by atoms with Gasteiger partial charge in [-0.2, -0.15) is 0 Å². The number of benzene rings is 7. The Morgan fingerprint density at radius 3 is 1.90 bits per heavy atom. The molecular formula is C43H25N3OS. The van der Waals surface area contributed by atoms with Crippen molar-refractivity contribution in [2.75, 3.05) is 0 Å². The van der Waals surface area contributed by atoms with E-state index in [4.69, 9.17) is 19.4 Å². The zero-order valence-electron chi connectivity index (χ0n) is 25.6. The molecule has 48 heavy (non-hydrogen) atoms. The molecule has 0 spiro atoms. The molecule has 0 unspecified atom stereocenters. The first-order chi connectivity index (χ1) is 23.8. The molecule has 0 saturated heterocycles. The molecule has 0 saturated carbocycles. The molecule has 0 radical (unpaired) electrons. The van der Waals surface area contributed by atoms with E-state index in [1.807, 2.05) is 53.8 Å². The zero-order chi connectivity index (χ0) is 31.6. The van der Waals surface area contributed by atoms with E-state index in [2.05, 4.69) is 109 Å². The summed E-state index contributed by atoms with van der Waals surface area (Å²) in [6.07, 6.45) is 0. The molecular weight excluding hydrogens is 607 g/mol. The lowest BCUT2D eigenvalue weighted by atomic mass is 9.96. The van der Waals surface area contributed by atoms with Crippen molar-refractivity contribution in [1.29, 1.82) is 0 Å². The van der Waals surface area contributed by atoms with E-state index in [9.17, 15) is 0 Å². The van der Waals surface area contributed by atoms with Crippen molar-refractivity contribution in [2.45, 2.75) is 0 Å². The maximum atomic E-state index is 6.56. The van der Waals surface area contributed by atoms with Crippen LogP contribution in [-0.4, -0.2) is 15.0 Å². The zero-order valence-corrected chi connectivity index (χ0v) is 26.4. The van der Waals surface area contributed by atoms with Gasteiger partial charge in [0.25, 0.3) is 0 Å². The third-order valence-corrected chi connectivity index (χ3v) is 10.4. The smallest absolute Gasteiger partial charge is 0.164 e. The van der Waals surface area contributed by atoms with E-state index in [1.165, 1.54) is 31.1 Å². The van der Waals surface area contributed by atoms with Crippen LogP contribution in [0.1, 0.15) is 0 Å². The molecule has 0 aliphatic heterocycles. The number of furan rings is 1. The summed E-state index contributed by atoms with van der Waals surface area (Å²) in [7, 11) is 0. The Balaban J connectivity index is 1.25. The van der Waals surface area contributed by atoms with Gasteiger partial charge in [-0.1, -0.05) is 127 Å². The third-order valence-electron chi connectivity index (χ3n) is 9.13. The van der Waals surface area contributed by atoms with Gasteiger partial charge in [-0.25, -0.2) is 15.0 Å². The monoisotopic (exact) mass is 631 g/mol. The first-order valence-corrected chi connectivity index (χ1v) is 16.8. The fourth-order valence-electron chi connectivity index (χ4n) is 6.91. The number of aromatic nitrogens is 3. The van der Waals surface area contributed by atoms with E-state index in [-0.39, 0.29) is 0 Å². The largest absolute Gasteiger partial charge is 0.456 e. The van der Waals surface area contributed by atoms with Crippen LogP contribution in [0.4, 0.5) is 0 Å². The molecule has 10 aromatic rings. The summed E-state index contributed by atoms with van der Waals surface area (Å²) in [5.41, 5.74) is 6.73. The van der Waals surface area contributed by atoms with Crippen molar-refractivity contribution < 1.29 is 4.42 Å². The van der Waals surface area contributed by atoms with E-state index < -0.39 is 0 Å². The fraction of sp³-hybridized carbons (Fsp3) is 0.